The normalized spacial score (nSPS) is 10.6. The zero-order chi connectivity index (χ0) is 15.6. The lowest BCUT2D eigenvalue weighted by Gasteiger charge is -2.05. The molecule has 1 N–H and O–H groups in total. The van der Waals surface area contributed by atoms with Crippen LogP contribution in [0.3, 0.4) is 0 Å². The zero-order valence-electron chi connectivity index (χ0n) is 12.7. The van der Waals surface area contributed by atoms with E-state index in [9.17, 15) is 4.79 Å². The van der Waals surface area contributed by atoms with Crippen molar-refractivity contribution in [3.05, 3.63) is 71.6 Å². The molecule has 1 amide bonds. The van der Waals surface area contributed by atoms with Gasteiger partial charge in [0.25, 0.3) is 0 Å². The molecule has 1 heterocycles. The average molecular weight is 296 g/mol. The van der Waals surface area contributed by atoms with E-state index in [1.54, 1.807) is 0 Å². The first-order valence-corrected chi connectivity index (χ1v) is 7.28. The Bertz CT molecular complexity index is 607. The molecule has 0 saturated carbocycles. The summed E-state index contributed by atoms with van der Waals surface area (Å²) in [5.41, 5.74) is 3.03. The first-order chi connectivity index (χ1) is 10.7. The van der Waals surface area contributed by atoms with E-state index >= 15 is 0 Å². The van der Waals surface area contributed by atoms with Crippen molar-refractivity contribution in [3.63, 3.8) is 0 Å². The van der Waals surface area contributed by atoms with Gasteiger partial charge in [-0.1, -0.05) is 48.6 Å². The fraction of sp³-hybridized carbons (Fsp3) is 0.222. The first kappa shape index (κ1) is 15.8. The average Bonchev–Trinajstić information content (AvgIpc) is 2.55. The Labute approximate surface area is 130 Å². The summed E-state index contributed by atoms with van der Waals surface area (Å²) in [7, 11) is 0. The number of nitrogens with zero attached hydrogens (tertiary/aromatic N) is 1. The Kier molecular flexibility index (Phi) is 6.18. The third kappa shape index (κ3) is 5.79. The van der Waals surface area contributed by atoms with Gasteiger partial charge < -0.3 is 10.1 Å². The van der Waals surface area contributed by atoms with Crippen molar-refractivity contribution in [1.29, 1.82) is 0 Å². The van der Waals surface area contributed by atoms with Crippen LogP contribution in [0, 0.1) is 6.92 Å². The molecule has 0 spiro atoms. The highest BCUT2D eigenvalue weighted by atomic mass is 16.5. The Morgan fingerprint density at radius 2 is 2.05 bits per heavy atom. The second kappa shape index (κ2) is 8.62. The number of carbonyl (C=O) groups excluding carboxylic acids is 1. The van der Waals surface area contributed by atoms with Crippen molar-refractivity contribution in [2.45, 2.75) is 20.0 Å². The number of ether oxygens (including phenoxy) is 1. The van der Waals surface area contributed by atoms with E-state index < -0.39 is 6.09 Å². The number of amides is 1. The molecule has 0 bridgehead atoms. The summed E-state index contributed by atoms with van der Waals surface area (Å²) in [4.78, 5) is 15.7. The van der Waals surface area contributed by atoms with Crippen LogP contribution in [0.25, 0.3) is 6.08 Å². The molecule has 4 heteroatoms. The van der Waals surface area contributed by atoms with Gasteiger partial charge in [0.2, 0.25) is 0 Å². The summed E-state index contributed by atoms with van der Waals surface area (Å²) in [5, 5.41) is 2.72. The van der Waals surface area contributed by atoms with Gasteiger partial charge in [0.05, 0.1) is 0 Å². The van der Waals surface area contributed by atoms with Gasteiger partial charge in [-0.3, -0.25) is 4.98 Å². The summed E-state index contributed by atoms with van der Waals surface area (Å²) in [6.07, 6.45) is 6.17. The number of hydrogen-bond acceptors (Lipinski definition) is 3. The molecule has 114 valence electrons. The van der Waals surface area contributed by atoms with E-state index in [4.69, 9.17) is 4.74 Å². The maximum Gasteiger partial charge on any atom is 0.407 e. The zero-order valence-corrected chi connectivity index (χ0v) is 12.7. The SMILES string of the molecule is Cc1ccc(C=CCCNC(=O)OCc2ccccc2)cn1. The number of carbonyl (C=O) groups is 1. The van der Waals surface area contributed by atoms with Crippen molar-refractivity contribution in [3.8, 4) is 0 Å². The first-order valence-electron chi connectivity index (χ1n) is 7.28. The van der Waals surface area contributed by atoms with Crippen LogP contribution < -0.4 is 5.32 Å². The van der Waals surface area contributed by atoms with Gasteiger partial charge in [0, 0.05) is 18.4 Å². The van der Waals surface area contributed by atoms with Crippen molar-refractivity contribution in [2.24, 2.45) is 0 Å². The van der Waals surface area contributed by atoms with Gasteiger partial charge in [-0.05, 0) is 30.5 Å². The van der Waals surface area contributed by atoms with E-state index in [0.29, 0.717) is 6.54 Å². The van der Waals surface area contributed by atoms with E-state index in [1.165, 1.54) is 0 Å². The number of benzene rings is 1. The molecule has 0 saturated heterocycles. The topological polar surface area (TPSA) is 51.2 Å². The summed E-state index contributed by atoms with van der Waals surface area (Å²) in [6.45, 7) is 2.79. The van der Waals surface area contributed by atoms with Gasteiger partial charge in [0.15, 0.2) is 0 Å². The van der Waals surface area contributed by atoms with Crippen LogP contribution in [0.15, 0.2) is 54.7 Å². The summed E-state index contributed by atoms with van der Waals surface area (Å²) in [6, 6.07) is 13.6. The summed E-state index contributed by atoms with van der Waals surface area (Å²) < 4.78 is 5.12. The predicted octanol–water partition coefficient (Wildman–Crippen LogP) is 3.72. The number of pyridine rings is 1. The van der Waals surface area contributed by atoms with E-state index in [1.807, 2.05) is 67.7 Å². The smallest absolute Gasteiger partial charge is 0.407 e. The summed E-state index contributed by atoms with van der Waals surface area (Å²) >= 11 is 0. The number of hydrogen-bond donors (Lipinski definition) is 1. The van der Waals surface area contributed by atoms with Crippen LogP contribution in [0.5, 0.6) is 0 Å². The lowest BCUT2D eigenvalue weighted by Crippen LogP contribution is -2.24. The highest BCUT2D eigenvalue weighted by Gasteiger charge is 2.00. The molecule has 0 radical (unpaired) electrons. The number of rotatable bonds is 6. The van der Waals surface area contributed by atoms with Gasteiger partial charge in [-0.2, -0.15) is 0 Å². The fourth-order valence-electron chi connectivity index (χ4n) is 1.83. The molecule has 0 fully saturated rings. The van der Waals surface area contributed by atoms with Crippen LogP contribution >= 0.6 is 0 Å². The molecule has 1 aromatic heterocycles. The molecule has 2 aromatic rings. The van der Waals surface area contributed by atoms with Crippen molar-refractivity contribution in [2.75, 3.05) is 6.54 Å². The standard InChI is InChI=1S/C18H20N2O2/c1-15-10-11-16(13-20-15)7-5-6-12-19-18(21)22-14-17-8-3-2-4-9-17/h2-5,7-11,13H,6,12,14H2,1H3,(H,19,21). The maximum absolute atomic E-state index is 11.5. The molecule has 0 aliphatic rings. The Morgan fingerprint density at radius 3 is 2.77 bits per heavy atom. The molecule has 2 rings (SSSR count). The van der Waals surface area contributed by atoms with Crippen LogP contribution in [0.1, 0.15) is 23.2 Å². The Balaban J connectivity index is 1.61. The third-order valence-electron chi connectivity index (χ3n) is 3.04. The number of aromatic nitrogens is 1. The molecule has 1 aromatic carbocycles. The largest absolute Gasteiger partial charge is 0.445 e. The maximum atomic E-state index is 11.5. The number of alkyl carbamates (subject to hydrolysis) is 1. The minimum absolute atomic E-state index is 0.289. The third-order valence-corrected chi connectivity index (χ3v) is 3.04. The second-order valence-corrected chi connectivity index (χ2v) is 4.91. The molecule has 0 aliphatic heterocycles. The van der Waals surface area contributed by atoms with Gasteiger partial charge in [-0.25, -0.2) is 4.79 Å². The molecule has 4 nitrogen and oxygen atoms in total. The van der Waals surface area contributed by atoms with Crippen LogP contribution in [-0.2, 0) is 11.3 Å². The lowest BCUT2D eigenvalue weighted by molar-refractivity contribution is 0.140. The van der Waals surface area contributed by atoms with Crippen LogP contribution in [0.4, 0.5) is 4.79 Å². The van der Waals surface area contributed by atoms with Crippen LogP contribution in [-0.4, -0.2) is 17.6 Å². The van der Waals surface area contributed by atoms with Crippen molar-refractivity contribution < 1.29 is 9.53 Å². The van der Waals surface area contributed by atoms with Gasteiger partial charge in [-0.15, -0.1) is 0 Å². The molecule has 22 heavy (non-hydrogen) atoms. The minimum atomic E-state index is -0.394. The van der Waals surface area contributed by atoms with E-state index in [2.05, 4.69) is 10.3 Å². The summed E-state index contributed by atoms with van der Waals surface area (Å²) in [5.74, 6) is 0. The fourth-order valence-corrected chi connectivity index (χ4v) is 1.83. The van der Waals surface area contributed by atoms with Gasteiger partial charge in [0.1, 0.15) is 6.61 Å². The van der Waals surface area contributed by atoms with E-state index in [0.717, 1.165) is 23.2 Å². The molecule has 0 atom stereocenters. The lowest BCUT2D eigenvalue weighted by atomic mass is 10.2. The second-order valence-electron chi connectivity index (χ2n) is 4.91. The molecular formula is C18H20N2O2. The molecule has 0 unspecified atom stereocenters. The van der Waals surface area contributed by atoms with E-state index in [-0.39, 0.29) is 6.61 Å². The Hall–Kier alpha value is -2.62. The Morgan fingerprint density at radius 1 is 1.23 bits per heavy atom. The van der Waals surface area contributed by atoms with Crippen molar-refractivity contribution >= 4 is 12.2 Å². The molecule has 0 aliphatic carbocycles. The highest BCUT2D eigenvalue weighted by molar-refractivity contribution is 5.67. The quantitative estimate of drug-likeness (QED) is 0.827. The van der Waals surface area contributed by atoms with Crippen LogP contribution in [0.2, 0.25) is 0 Å². The number of aryl methyl sites for hydroxylation is 1. The monoisotopic (exact) mass is 296 g/mol. The minimum Gasteiger partial charge on any atom is -0.445 e. The van der Waals surface area contributed by atoms with Crippen molar-refractivity contribution in [1.82, 2.24) is 10.3 Å². The predicted molar refractivity (Wildman–Crippen MR) is 87.3 cm³/mol. The number of nitrogens with one attached hydrogen (secondary N) is 1. The van der Waals surface area contributed by atoms with Gasteiger partial charge >= 0.3 is 6.09 Å². The molecular weight excluding hydrogens is 276 g/mol. The highest BCUT2D eigenvalue weighted by Crippen LogP contribution is 2.02.